The van der Waals surface area contributed by atoms with Gasteiger partial charge in [-0.25, -0.2) is 4.79 Å². The number of carboxylic acids is 1. The second kappa shape index (κ2) is 6.89. The van der Waals surface area contributed by atoms with Crippen molar-refractivity contribution < 1.29 is 24.5 Å². The van der Waals surface area contributed by atoms with Gasteiger partial charge in [-0.1, -0.05) is 0 Å². The number of rotatable bonds is 5. The molecule has 1 fully saturated rings. The lowest BCUT2D eigenvalue weighted by molar-refractivity contribution is -0.0670. The van der Waals surface area contributed by atoms with Crippen molar-refractivity contribution in [3.05, 3.63) is 34.9 Å². The van der Waals surface area contributed by atoms with E-state index in [9.17, 15) is 14.7 Å². The second-order valence-electron chi connectivity index (χ2n) is 5.74. The molecule has 3 N–H and O–H groups in total. The number of carboxylic acid groups (broad SMARTS) is 1. The lowest BCUT2D eigenvalue weighted by atomic mass is 9.91. The van der Waals surface area contributed by atoms with Gasteiger partial charge < -0.3 is 20.3 Å². The number of aromatic carboxylic acids is 1. The van der Waals surface area contributed by atoms with Crippen LogP contribution in [-0.4, -0.2) is 47.4 Å². The number of hydrogen-bond donors (Lipinski definition) is 3. The van der Waals surface area contributed by atoms with E-state index in [2.05, 4.69) is 5.32 Å². The molecule has 1 aromatic carbocycles. The van der Waals surface area contributed by atoms with Crippen LogP contribution in [0.5, 0.6) is 0 Å². The third kappa shape index (κ3) is 4.29. The first-order valence-electron chi connectivity index (χ1n) is 7.33. The number of aryl methyl sites for hydroxylation is 1. The molecule has 0 aromatic heterocycles. The van der Waals surface area contributed by atoms with E-state index in [1.807, 2.05) is 0 Å². The van der Waals surface area contributed by atoms with Crippen molar-refractivity contribution in [2.24, 2.45) is 0 Å². The van der Waals surface area contributed by atoms with Gasteiger partial charge in [0.2, 0.25) is 0 Å². The fraction of sp³-hybridized carbons (Fsp3) is 0.500. The number of benzene rings is 1. The average molecular weight is 307 g/mol. The van der Waals surface area contributed by atoms with Crippen molar-refractivity contribution >= 4 is 11.9 Å². The van der Waals surface area contributed by atoms with E-state index in [-0.39, 0.29) is 11.5 Å². The summed E-state index contributed by atoms with van der Waals surface area (Å²) in [4.78, 5) is 23.1. The summed E-state index contributed by atoms with van der Waals surface area (Å²) in [6, 6.07) is 4.52. The monoisotopic (exact) mass is 307 g/mol. The zero-order chi connectivity index (χ0) is 16.2. The molecule has 6 heteroatoms. The number of hydrogen-bond acceptors (Lipinski definition) is 4. The van der Waals surface area contributed by atoms with E-state index in [0.717, 1.165) is 0 Å². The number of carbonyl (C=O) groups is 2. The van der Waals surface area contributed by atoms with Crippen LogP contribution in [0, 0.1) is 6.92 Å². The van der Waals surface area contributed by atoms with Gasteiger partial charge >= 0.3 is 5.97 Å². The van der Waals surface area contributed by atoms with E-state index >= 15 is 0 Å². The van der Waals surface area contributed by atoms with Crippen LogP contribution in [0.25, 0.3) is 0 Å². The van der Waals surface area contributed by atoms with Crippen LogP contribution in [0.3, 0.4) is 0 Å². The Morgan fingerprint density at radius 2 is 1.86 bits per heavy atom. The summed E-state index contributed by atoms with van der Waals surface area (Å²) < 4.78 is 5.21. The molecule has 6 nitrogen and oxygen atoms in total. The van der Waals surface area contributed by atoms with Gasteiger partial charge in [0.1, 0.15) is 0 Å². The molecule has 1 heterocycles. The molecule has 1 aliphatic heterocycles. The number of aliphatic hydroxyl groups is 1. The first kappa shape index (κ1) is 16.5. The van der Waals surface area contributed by atoms with Crippen LogP contribution in [-0.2, 0) is 4.74 Å². The summed E-state index contributed by atoms with van der Waals surface area (Å²) in [5.74, 6) is -1.39. The molecule has 0 radical (unpaired) electrons. The molecule has 22 heavy (non-hydrogen) atoms. The highest BCUT2D eigenvalue weighted by Gasteiger charge is 2.29. The zero-order valence-electron chi connectivity index (χ0n) is 12.6. The fourth-order valence-electron chi connectivity index (χ4n) is 2.55. The zero-order valence-corrected chi connectivity index (χ0v) is 12.6. The van der Waals surface area contributed by atoms with Crippen LogP contribution in [0.15, 0.2) is 18.2 Å². The standard InChI is InChI=1S/C16H21NO5/c1-11-8-12(10-13(9-11)15(19)20)14(18)17-5-2-16(21)3-6-22-7-4-16/h8-10,21H,2-7H2,1H3,(H,17,18)(H,19,20). The molecule has 0 saturated carbocycles. The highest BCUT2D eigenvalue weighted by molar-refractivity contribution is 5.97. The van der Waals surface area contributed by atoms with Crippen LogP contribution in [0.2, 0.25) is 0 Å². The first-order chi connectivity index (χ1) is 10.4. The third-order valence-electron chi connectivity index (χ3n) is 3.89. The van der Waals surface area contributed by atoms with E-state index < -0.39 is 11.6 Å². The van der Waals surface area contributed by atoms with Crippen molar-refractivity contribution in [2.45, 2.75) is 31.8 Å². The van der Waals surface area contributed by atoms with E-state index in [4.69, 9.17) is 9.84 Å². The fourth-order valence-corrected chi connectivity index (χ4v) is 2.55. The van der Waals surface area contributed by atoms with Gasteiger partial charge in [0.15, 0.2) is 0 Å². The first-order valence-corrected chi connectivity index (χ1v) is 7.33. The Bertz CT molecular complexity index is 564. The Labute approximate surface area is 129 Å². The number of nitrogens with one attached hydrogen (secondary N) is 1. The van der Waals surface area contributed by atoms with E-state index in [1.54, 1.807) is 13.0 Å². The molecule has 0 spiro atoms. The number of amides is 1. The predicted molar refractivity (Wildman–Crippen MR) is 80.1 cm³/mol. The normalized spacial score (nSPS) is 17.0. The molecular formula is C16H21NO5. The van der Waals surface area contributed by atoms with Crippen molar-refractivity contribution in [1.82, 2.24) is 5.32 Å². The van der Waals surface area contributed by atoms with Gasteiger partial charge in [-0.05, 0) is 49.9 Å². The van der Waals surface area contributed by atoms with E-state index in [0.29, 0.717) is 50.1 Å². The quantitative estimate of drug-likeness (QED) is 0.763. The maximum Gasteiger partial charge on any atom is 0.335 e. The Morgan fingerprint density at radius 1 is 1.23 bits per heavy atom. The van der Waals surface area contributed by atoms with Gasteiger partial charge in [0.25, 0.3) is 5.91 Å². The molecule has 1 aromatic rings. The van der Waals surface area contributed by atoms with Gasteiger partial charge in [0.05, 0.1) is 11.2 Å². The second-order valence-corrected chi connectivity index (χ2v) is 5.74. The Kier molecular flexibility index (Phi) is 5.15. The van der Waals surface area contributed by atoms with E-state index in [1.165, 1.54) is 12.1 Å². The number of ether oxygens (including phenoxy) is 1. The van der Waals surface area contributed by atoms with Gasteiger partial charge in [-0.2, -0.15) is 0 Å². The highest BCUT2D eigenvalue weighted by Crippen LogP contribution is 2.23. The molecule has 0 aliphatic carbocycles. The van der Waals surface area contributed by atoms with Crippen LogP contribution < -0.4 is 5.32 Å². The summed E-state index contributed by atoms with van der Waals surface area (Å²) in [7, 11) is 0. The summed E-state index contributed by atoms with van der Waals surface area (Å²) in [6.07, 6.45) is 1.59. The summed E-state index contributed by atoms with van der Waals surface area (Å²) >= 11 is 0. The molecule has 1 amide bonds. The average Bonchev–Trinajstić information content (AvgIpc) is 2.47. The minimum atomic E-state index is -1.06. The highest BCUT2D eigenvalue weighted by atomic mass is 16.5. The Morgan fingerprint density at radius 3 is 2.50 bits per heavy atom. The van der Waals surface area contributed by atoms with Crippen molar-refractivity contribution in [3.63, 3.8) is 0 Å². The molecule has 1 aliphatic rings. The van der Waals surface area contributed by atoms with Crippen molar-refractivity contribution in [2.75, 3.05) is 19.8 Å². The summed E-state index contributed by atoms with van der Waals surface area (Å²) in [6.45, 7) is 3.15. The minimum absolute atomic E-state index is 0.0909. The largest absolute Gasteiger partial charge is 0.478 e. The molecule has 0 atom stereocenters. The molecule has 0 bridgehead atoms. The van der Waals surface area contributed by atoms with Crippen molar-refractivity contribution in [3.8, 4) is 0 Å². The van der Waals surface area contributed by atoms with Crippen LogP contribution in [0.1, 0.15) is 45.5 Å². The topological polar surface area (TPSA) is 95.9 Å². The maximum absolute atomic E-state index is 12.1. The smallest absolute Gasteiger partial charge is 0.335 e. The molecule has 2 rings (SSSR count). The summed E-state index contributed by atoms with van der Waals surface area (Å²) in [5.41, 5.74) is 0.336. The SMILES string of the molecule is Cc1cc(C(=O)O)cc(C(=O)NCCC2(O)CCOCC2)c1. The maximum atomic E-state index is 12.1. The van der Waals surface area contributed by atoms with Gasteiger partial charge in [-0.3, -0.25) is 4.79 Å². The lowest BCUT2D eigenvalue weighted by Gasteiger charge is -2.32. The molecular weight excluding hydrogens is 286 g/mol. The Balaban J connectivity index is 1.93. The van der Waals surface area contributed by atoms with Gasteiger partial charge in [0, 0.05) is 25.3 Å². The molecule has 120 valence electrons. The minimum Gasteiger partial charge on any atom is -0.478 e. The Hall–Kier alpha value is -1.92. The summed E-state index contributed by atoms with van der Waals surface area (Å²) in [5, 5.41) is 22.1. The van der Waals surface area contributed by atoms with Crippen LogP contribution >= 0.6 is 0 Å². The number of carbonyl (C=O) groups excluding carboxylic acids is 1. The van der Waals surface area contributed by atoms with Crippen molar-refractivity contribution in [1.29, 1.82) is 0 Å². The molecule has 0 unspecified atom stereocenters. The van der Waals surface area contributed by atoms with Crippen LogP contribution in [0.4, 0.5) is 0 Å². The van der Waals surface area contributed by atoms with Gasteiger partial charge in [-0.15, -0.1) is 0 Å². The molecule has 1 saturated heterocycles. The lowest BCUT2D eigenvalue weighted by Crippen LogP contribution is -2.39. The predicted octanol–water partition coefficient (Wildman–Crippen LogP) is 1.35. The third-order valence-corrected chi connectivity index (χ3v) is 3.89.